The molecule has 0 aromatic carbocycles. The molecule has 0 spiro atoms. The Balaban J connectivity index is 1.69. The first-order valence-corrected chi connectivity index (χ1v) is 6.33. The van der Waals surface area contributed by atoms with Gasteiger partial charge >= 0.3 is 0 Å². The van der Waals surface area contributed by atoms with Gasteiger partial charge in [0.15, 0.2) is 0 Å². The average Bonchev–Trinajstić information content (AvgIpc) is 2.57. The van der Waals surface area contributed by atoms with Crippen LogP contribution in [0.5, 0.6) is 0 Å². The summed E-state index contributed by atoms with van der Waals surface area (Å²) in [5.41, 5.74) is 0. The Bertz CT molecular complexity index is 249. The Labute approximate surface area is 97.2 Å². The van der Waals surface area contributed by atoms with Crippen LogP contribution in [0.25, 0.3) is 0 Å². The molecule has 2 aliphatic heterocycles. The summed E-state index contributed by atoms with van der Waals surface area (Å²) < 4.78 is 0. The van der Waals surface area contributed by atoms with Gasteiger partial charge in [-0.15, -0.1) is 0 Å². The molecule has 0 radical (unpaired) electrons. The van der Waals surface area contributed by atoms with Gasteiger partial charge in [0.2, 0.25) is 5.91 Å². The number of amides is 1. The first-order chi connectivity index (χ1) is 7.65. The minimum Gasteiger partial charge on any atom is -0.391 e. The van der Waals surface area contributed by atoms with Gasteiger partial charge in [-0.3, -0.25) is 4.79 Å². The Morgan fingerprint density at radius 1 is 1.31 bits per heavy atom. The van der Waals surface area contributed by atoms with Gasteiger partial charge in [0.1, 0.15) is 0 Å². The van der Waals surface area contributed by atoms with Crippen molar-refractivity contribution in [2.75, 3.05) is 32.7 Å². The van der Waals surface area contributed by atoms with Crippen molar-refractivity contribution in [3.05, 3.63) is 0 Å². The van der Waals surface area contributed by atoms with E-state index in [0.717, 1.165) is 32.1 Å². The maximum atomic E-state index is 11.5. The molecule has 0 bridgehead atoms. The van der Waals surface area contributed by atoms with Crippen molar-refractivity contribution >= 4 is 5.91 Å². The summed E-state index contributed by atoms with van der Waals surface area (Å²) in [7, 11) is 0. The number of hydrogen-bond acceptors (Lipinski definition) is 3. The van der Waals surface area contributed by atoms with Crippen molar-refractivity contribution < 1.29 is 9.90 Å². The topological polar surface area (TPSA) is 43.8 Å². The minimum absolute atomic E-state index is 0.109. The van der Waals surface area contributed by atoms with Gasteiger partial charge in [-0.05, 0) is 31.8 Å². The minimum atomic E-state index is -0.436. The summed E-state index contributed by atoms with van der Waals surface area (Å²) in [4.78, 5) is 15.7. The molecule has 0 aromatic heterocycles. The summed E-state index contributed by atoms with van der Waals surface area (Å²) in [5.74, 6) is 0.962. The van der Waals surface area contributed by atoms with Crippen molar-refractivity contribution in [2.24, 2.45) is 5.92 Å². The zero-order chi connectivity index (χ0) is 11.5. The number of rotatable bonds is 3. The highest BCUT2D eigenvalue weighted by Crippen LogP contribution is 2.16. The highest BCUT2D eigenvalue weighted by Gasteiger charge is 2.28. The summed E-state index contributed by atoms with van der Waals surface area (Å²) in [6, 6.07) is 0. The molecule has 1 atom stereocenters. The van der Waals surface area contributed by atoms with E-state index in [0.29, 0.717) is 13.0 Å². The van der Waals surface area contributed by atoms with Crippen LogP contribution in [0.2, 0.25) is 0 Å². The molecule has 4 nitrogen and oxygen atoms in total. The van der Waals surface area contributed by atoms with Gasteiger partial charge in [0.05, 0.1) is 12.5 Å². The highest BCUT2D eigenvalue weighted by atomic mass is 16.3. The summed E-state index contributed by atoms with van der Waals surface area (Å²) in [6.45, 7) is 6.90. The van der Waals surface area contributed by atoms with E-state index in [2.05, 4.69) is 11.8 Å². The third-order valence-electron chi connectivity index (χ3n) is 3.76. The van der Waals surface area contributed by atoms with Crippen LogP contribution in [0.15, 0.2) is 0 Å². The van der Waals surface area contributed by atoms with Gasteiger partial charge in [0, 0.05) is 19.6 Å². The number of likely N-dealkylation sites (tertiary alicyclic amines) is 2. The Hall–Kier alpha value is -0.610. The lowest BCUT2D eigenvalue weighted by molar-refractivity contribution is -0.128. The number of carbonyl (C=O) groups excluding carboxylic acids is 1. The number of hydrogen-bond donors (Lipinski definition) is 1. The molecular weight excluding hydrogens is 204 g/mol. The fraction of sp³-hybridized carbons (Fsp3) is 0.917. The highest BCUT2D eigenvalue weighted by molar-refractivity contribution is 5.78. The third-order valence-corrected chi connectivity index (χ3v) is 3.76. The molecule has 1 N–H and O–H groups in total. The maximum absolute atomic E-state index is 11.5. The van der Waals surface area contributed by atoms with Crippen molar-refractivity contribution in [3.8, 4) is 0 Å². The molecule has 2 fully saturated rings. The lowest BCUT2D eigenvalue weighted by atomic mass is 9.99. The molecule has 2 aliphatic rings. The van der Waals surface area contributed by atoms with Crippen LogP contribution in [0.3, 0.4) is 0 Å². The van der Waals surface area contributed by atoms with Gasteiger partial charge in [-0.2, -0.15) is 0 Å². The Morgan fingerprint density at radius 2 is 2.00 bits per heavy atom. The van der Waals surface area contributed by atoms with Crippen LogP contribution in [0.1, 0.15) is 26.2 Å². The summed E-state index contributed by atoms with van der Waals surface area (Å²) >= 11 is 0. The van der Waals surface area contributed by atoms with Crippen molar-refractivity contribution in [1.82, 2.24) is 9.80 Å². The van der Waals surface area contributed by atoms with E-state index in [-0.39, 0.29) is 5.91 Å². The van der Waals surface area contributed by atoms with Crippen molar-refractivity contribution in [2.45, 2.75) is 32.3 Å². The molecule has 1 unspecified atom stereocenters. The molecule has 2 saturated heterocycles. The molecule has 4 heteroatoms. The molecule has 0 saturated carbocycles. The predicted molar refractivity (Wildman–Crippen MR) is 62.0 cm³/mol. The van der Waals surface area contributed by atoms with E-state index >= 15 is 0 Å². The Kier molecular flexibility index (Phi) is 3.82. The van der Waals surface area contributed by atoms with Gasteiger partial charge in [-0.1, -0.05) is 6.92 Å². The summed E-state index contributed by atoms with van der Waals surface area (Å²) in [5, 5.41) is 9.37. The first-order valence-electron chi connectivity index (χ1n) is 6.33. The Morgan fingerprint density at radius 3 is 2.56 bits per heavy atom. The van der Waals surface area contributed by atoms with Crippen LogP contribution >= 0.6 is 0 Å². The molecule has 92 valence electrons. The van der Waals surface area contributed by atoms with Crippen LogP contribution < -0.4 is 0 Å². The van der Waals surface area contributed by atoms with E-state index in [1.54, 1.807) is 4.90 Å². The van der Waals surface area contributed by atoms with Crippen molar-refractivity contribution in [1.29, 1.82) is 0 Å². The van der Waals surface area contributed by atoms with Crippen molar-refractivity contribution in [3.63, 3.8) is 0 Å². The molecule has 2 rings (SSSR count). The second-order valence-corrected chi connectivity index (χ2v) is 5.22. The quantitative estimate of drug-likeness (QED) is 0.753. The second kappa shape index (κ2) is 5.15. The van der Waals surface area contributed by atoms with Gasteiger partial charge < -0.3 is 14.9 Å². The average molecular weight is 226 g/mol. The van der Waals surface area contributed by atoms with Gasteiger partial charge in [-0.25, -0.2) is 0 Å². The zero-order valence-electron chi connectivity index (χ0n) is 10.1. The van der Waals surface area contributed by atoms with Crippen LogP contribution in [0.4, 0.5) is 0 Å². The first kappa shape index (κ1) is 11.9. The number of nitrogens with zero attached hydrogens (tertiary/aromatic N) is 2. The number of β-amino-alcohol motifs (C(OH)–C–C–N with tert-alkyl or cyclic N) is 1. The van der Waals surface area contributed by atoms with E-state index in [1.165, 1.54) is 12.8 Å². The molecule has 0 aromatic rings. The van der Waals surface area contributed by atoms with E-state index in [1.807, 2.05) is 0 Å². The predicted octanol–water partition coefficient (Wildman–Crippen LogP) is 0.311. The largest absolute Gasteiger partial charge is 0.391 e. The van der Waals surface area contributed by atoms with E-state index < -0.39 is 6.10 Å². The number of aliphatic hydroxyl groups is 1. The molecular formula is C12H22N2O2. The van der Waals surface area contributed by atoms with Crippen LogP contribution in [-0.4, -0.2) is 59.6 Å². The maximum Gasteiger partial charge on any atom is 0.225 e. The lowest BCUT2D eigenvalue weighted by Crippen LogP contribution is -2.40. The normalized spacial score (nSPS) is 29.0. The SMILES string of the molecule is CC1CCN(CCN2CC(O)CC2=O)CC1. The molecule has 0 aliphatic carbocycles. The van der Waals surface area contributed by atoms with E-state index in [4.69, 9.17) is 0 Å². The monoisotopic (exact) mass is 226 g/mol. The van der Waals surface area contributed by atoms with Crippen LogP contribution in [0, 0.1) is 5.92 Å². The molecule has 16 heavy (non-hydrogen) atoms. The summed E-state index contributed by atoms with van der Waals surface area (Å²) in [6.07, 6.45) is 2.43. The number of piperidine rings is 1. The fourth-order valence-electron chi connectivity index (χ4n) is 2.52. The molecule has 2 heterocycles. The number of aliphatic hydroxyl groups excluding tert-OH is 1. The number of carbonyl (C=O) groups is 1. The van der Waals surface area contributed by atoms with Crippen LogP contribution in [-0.2, 0) is 4.79 Å². The fourth-order valence-corrected chi connectivity index (χ4v) is 2.52. The standard InChI is InChI=1S/C12H22N2O2/c1-10-2-4-13(5-3-10)6-7-14-9-11(15)8-12(14)16/h10-11,15H,2-9H2,1H3. The zero-order valence-corrected chi connectivity index (χ0v) is 10.1. The third kappa shape index (κ3) is 2.95. The second-order valence-electron chi connectivity index (χ2n) is 5.22. The van der Waals surface area contributed by atoms with E-state index in [9.17, 15) is 9.90 Å². The molecule has 1 amide bonds. The lowest BCUT2D eigenvalue weighted by Gasteiger charge is -2.31. The van der Waals surface area contributed by atoms with Gasteiger partial charge in [0.25, 0.3) is 0 Å². The smallest absolute Gasteiger partial charge is 0.225 e.